The number of hydrogen-bond donors (Lipinski definition) is 0. The van der Waals surface area contributed by atoms with Gasteiger partial charge in [0.2, 0.25) is 0 Å². The lowest BCUT2D eigenvalue weighted by molar-refractivity contribution is -0.947. The zero-order valence-electron chi connectivity index (χ0n) is 12.8. The maximum Gasteiger partial charge on any atom is 0.105 e. The average Bonchev–Trinajstić information content (AvgIpc) is 2.73. The van der Waals surface area contributed by atoms with Crippen LogP contribution >= 0.6 is 15.9 Å². The normalized spacial score (nSPS) is 15.8. The van der Waals surface area contributed by atoms with E-state index < -0.39 is 0 Å². The minimum atomic E-state index is 0. The zero-order valence-corrected chi connectivity index (χ0v) is 16.0. The van der Waals surface area contributed by atoms with E-state index in [1.165, 1.54) is 58.7 Å². The van der Waals surface area contributed by atoms with E-state index in [2.05, 4.69) is 60.1 Å². The minimum absolute atomic E-state index is 0. The third-order valence-corrected chi connectivity index (χ3v) is 5.02. The Bertz CT molecular complexity index is 630. The summed E-state index contributed by atoms with van der Waals surface area (Å²) in [6.45, 7) is 9.69. The number of benzene rings is 2. The van der Waals surface area contributed by atoms with Crippen molar-refractivity contribution in [2.45, 2.75) is 39.8 Å². The molecule has 1 nitrogen and oxygen atoms in total. The Kier molecular flexibility index (Phi) is 5.50. The van der Waals surface area contributed by atoms with Crippen molar-refractivity contribution in [2.75, 3.05) is 13.1 Å². The highest BCUT2D eigenvalue weighted by Gasteiger charge is 2.34. The summed E-state index contributed by atoms with van der Waals surface area (Å²) in [5, 5.41) is 2.74. The number of halogens is 2. The van der Waals surface area contributed by atoms with Crippen LogP contribution in [0.3, 0.4) is 0 Å². The minimum Gasteiger partial charge on any atom is -1.00 e. The monoisotopic (exact) mass is 411 g/mol. The smallest absolute Gasteiger partial charge is 0.105 e. The number of hydrogen-bond acceptors (Lipinski definition) is 0. The molecule has 2 aromatic carbocycles. The summed E-state index contributed by atoms with van der Waals surface area (Å²) in [4.78, 5) is 0. The number of quaternary nitrogens is 1. The fourth-order valence-electron chi connectivity index (χ4n) is 3.81. The van der Waals surface area contributed by atoms with Crippen LogP contribution in [0.5, 0.6) is 0 Å². The summed E-state index contributed by atoms with van der Waals surface area (Å²) in [6.07, 6.45) is 2.55. The van der Waals surface area contributed by atoms with Crippen molar-refractivity contribution in [3.63, 3.8) is 0 Å². The van der Waals surface area contributed by atoms with Crippen LogP contribution in [0.15, 0.2) is 34.8 Å². The zero-order chi connectivity index (χ0) is 14.2. The molecule has 3 heteroatoms. The Hall–Kier alpha value is -0.380. The van der Waals surface area contributed by atoms with Gasteiger partial charge < -0.3 is 21.5 Å². The molecule has 1 aliphatic rings. The van der Waals surface area contributed by atoms with Crippen LogP contribution in [0.2, 0.25) is 0 Å². The first-order valence-electron chi connectivity index (χ1n) is 7.72. The van der Waals surface area contributed by atoms with Crippen LogP contribution in [0.4, 0.5) is 0 Å². The molecule has 0 fully saturated rings. The van der Waals surface area contributed by atoms with Crippen LogP contribution in [0.1, 0.15) is 37.8 Å². The summed E-state index contributed by atoms with van der Waals surface area (Å²) in [5.41, 5.74) is 3.14. The molecule has 0 saturated carbocycles. The molecule has 0 radical (unpaired) electrons. The fourth-order valence-corrected chi connectivity index (χ4v) is 4.19. The Morgan fingerprint density at radius 3 is 2.05 bits per heavy atom. The topological polar surface area (TPSA) is 0 Å². The van der Waals surface area contributed by atoms with Crippen LogP contribution in [0, 0.1) is 0 Å². The summed E-state index contributed by atoms with van der Waals surface area (Å²) in [5.74, 6) is 0. The van der Waals surface area contributed by atoms with Gasteiger partial charge in [-0.05, 0) is 47.9 Å². The second kappa shape index (κ2) is 6.80. The number of rotatable bonds is 4. The lowest BCUT2D eigenvalue weighted by atomic mass is 10.0. The molecule has 0 aliphatic carbocycles. The van der Waals surface area contributed by atoms with Crippen LogP contribution < -0.4 is 17.0 Å². The molecule has 3 rings (SSSR count). The Labute approximate surface area is 146 Å². The van der Waals surface area contributed by atoms with Crippen molar-refractivity contribution in [1.82, 2.24) is 0 Å². The SMILES string of the molecule is CCC[N+]1(CCC)Cc2cc3ccc(Br)cc3cc2C1.[Br-]. The molecule has 0 amide bonds. The van der Waals surface area contributed by atoms with Gasteiger partial charge in [-0.1, -0.05) is 35.8 Å². The van der Waals surface area contributed by atoms with Gasteiger partial charge >= 0.3 is 0 Å². The van der Waals surface area contributed by atoms with E-state index in [0.29, 0.717) is 0 Å². The van der Waals surface area contributed by atoms with Crippen LogP contribution in [-0.2, 0) is 13.1 Å². The standard InChI is InChI=1S/C18H23BrN.BrH/c1-3-7-20(8-4-2)12-16-9-14-5-6-18(19)11-15(14)10-17(16)13-20;/h5-6,9-11H,3-4,7-8,12-13H2,1-2H3;1H/q+1;/p-1. The summed E-state index contributed by atoms with van der Waals surface area (Å²) >= 11 is 3.58. The highest BCUT2D eigenvalue weighted by molar-refractivity contribution is 9.10. The highest BCUT2D eigenvalue weighted by atomic mass is 79.9. The van der Waals surface area contributed by atoms with Crippen molar-refractivity contribution >= 4 is 26.7 Å². The van der Waals surface area contributed by atoms with Gasteiger partial charge in [0.15, 0.2) is 0 Å². The van der Waals surface area contributed by atoms with Crippen molar-refractivity contribution < 1.29 is 21.5 Å². The van der Waals surface area contributed by atoms with Crippen LogP contribution in [0.25, 0.3) is 10.8 Å². The summed E-state index contributed by atoms with van der Waals surface area (Å²) in [7, 11) is 0. The first-order chi connectivity index (χ1) is 9.65. The fraction of sp³-hybridized carbons (Fsp3) is 0.444. The van der Waals surface area contributed by atoms with Gasteiger partial charge in [0.25, 0.3) is 0 Å². The van der Waals surface area contributed by atoms with E-state index >= 15 is 0 Å². The van der Waals surface area contributed by atoms with Crippen LogP contribution in [-0.4, -0.2) is 17.6 Å². The predicted molar refractivity (Wildman–Crippen MR) is 89.6 cm³/mol. The van der Waals surface area contributed by atoms with Gasteiger partial charge in [-0.3, -0.25) is 0 Å². The first kappa shape index (κ1) is 17.0. The molecule has 21 heavy (non-hydrogen) atoms. The van der Waals surface area contributed by atoms with Gasteiger partial charge in [0.1, 0.15) is 13.1 Å². The lowest BCUT2D eigenvalue weighted by Gasteiger charge is -2.33. The second-order valence-electron chi connectivity index (χ2n) is 6.22. The Balaban J connectivity index is 0.00000161. The lowest BCUT2D eigenvalue weighted by Crippen LogP contribution is -3.00. The quantitative estimate of drug-likeness (QED) is 0.675. The largest absolute Gasteiger partial charge is 1.00 e. The first-order valence-corrected chi connectivity index (χ1v) is 8.51. The molecule has 0 saturated heterocycles. The summed E-state index contributed by atoms with van der Waals surface area (Å²) in [6, 6.07) is 11.4. The van der Waals surface area contributed by atoms with Crippen molar-refractivity contribution in [2.24, 2.45) is 0 Å². The van der Waals surface area contributed by atoms with E-state index in [1.54, 1.807) is 11.1 Å². The molecule has 114 valence electrons. The van der Waals surface area contributed by atoms with Crippen molar-refractivity contribution in [3.8, 4) is 0 Å². The maximum atomic E-state index is 3.58. The molecule has 0 N–H and O–H groups in total. The Morgan fingerprint density at radius 1 is 0.905 bits per heavy atom. The molecular formula is C18H23Br2N. The second-order valence-corrected chi connectivity index (χ2v) is 7.13. The molecule has 2 aromatic rings. The third-order valence-electron chi connectivity index (χ3n) is 4.53. The number of fused-ring (bicyclic) bond motifs is 2. The molecule has 0 atom stereocenters. The van der Waals surface area contributed by atoms with Gasteiger partial charge in [-0.2, -0.15) is 0 Å². The molecule has 0 spiro atoms. The van der Waals surface area contributed by atoms with E-state index in [9.17, 15) is 0 Å². The highest BCUT2D eigenvalue weighted by Crippen LogP contribution is 2.34. The van der Waals surface area contributed by atoms with E-state index in [0.717, 1.165) is 0 Å². The molecule has 1 aliphatic heterocycles. The summed E-state index contributed by atoms with van der Waals surface area (Å²) < 4.78 is 2.44. The Morgan fingerprint density at radius 2 is 1.48 bits per heavy atom. The van der Waals surface area contributed by atoms with Gasteiger partial charge in [-0.25, -0.2) is 0 Å². The maximum absolute atomic E-state index is 3.58. The predicted octanol–water partition coefficient (Wildman–Crippen LogP) is 2.26. The van der Waals surface area contributed by atoms with Gasteiger partial charge in [0, 0.05) is 15.6 Å². The van der Waals surface area contributed by atoms with E-state index in [-0.39, 0.29) is 17.0 Å². The average molecular weight is 413 g/mol. The number of nitrogens with zero attached hydrogens (tertiary/aromatic N) is 1. The van der Waals surface area contributed by atoms with Gasteiger partial charge in [0.05, 0.1) is 13.1 Å². The van der Waals surface area contributed by atoms with Gasteiger partial charge in [-0.15, -0.1) is 0 Å². The van der Waals surface area contributed by atoms with Crippen molar-refractivity contribution in [1.29, 1.82) is 0 Å². The van der Waals surface area contributed by atoms with Crippen molar-refractivity contribution in [3.05, 3.63) is 45.9 Å². The van der Waals surface area contributed by atoms with E-state index in [4.69, 9.17) is 0 Å². The molecule has 0 bridgehead atoms. The molecule has 1 heterocycles. The van der Waals surface area contributed by atoms with E-state index in [1.807, 2.05) is 0 Å². The molecular weight excluding hydrogens is 390 g/mol. The molecule has 0 unspecified atom stereocenters. The third kappa shape index (κ3) is 3.35. The molecule has 0 aromatic heterocycles.